The first kappa shape index (κ1) is 23.9. The molecule has 0 radical (unpaired) electrons. The molecule has 1 aromatic heterocycles. The molecule has 2 aromatic carbocycles. The number of halogens is 1. The van der Waals surface area contributed by atoms with Gasteiger partial charge in [-0.15, -0.1) is 12.4 Å². The van der Waals surface area contributed by atoms with E-state index >= 15 is 0 Å². The van der Waals surface area contributed by atoms with Gasteiger partial charge in [0.05, 0.1) is 31.7 Å². The maximum absolute atomic E-state index is 13.6. The summed E-state index contributed by atoms with van der Waals surface area (Å²) in [4.78, 5) is 27.0. The van der Waals surface area contributed by atoms with Crippen molar-refractivity contribution in [2.24, 2.45) is 5.73 Å². The molecule has 1 heterocycles. The Kier molecular flexibility index (Phi) is 7.64. The third-order valence-corrected chi connectivity index (χ3v) is 6.20. The summed E-state index contributed by atoms with van der Waals surface area (Å²) in [5.41, 5.74) is 7.62. The fraction of sp³-hybridized carbons (Fsp3) is 0.417. The SMILES string of the molecule is COc1ccc(Cn2c(=O)c3cc(CN)ccc3n(C3CCCCC3)c2=O)cc1OC.Cl. The first-order valence-electron chi connectivity index (χ1n) is 10.8. The second-order valence-electron chi connectivity index (χ2n) is 8.08. The van der Waals surface area contributed by atoms with Crippen LogP contribution < -0.4 is 26.5 Å². The number of benzene rings is 2. The maximum Gasteiger partial charge on any atom is 0.332 e. The highest BCUT2D eigenvalue weighted by Gasteiger charge is 2.22. The van der Waals surface area contributed by atoms with Crippen LogP contribution in [0, 0.1) is 0 Å². The number of methoxy groups -OCH3 is 2. The van der Waals surface area contributed by atoms with Crippen LogP contribution in [0.1, 0.15) is 49.3 Å². The minimum atomic E-state index is -0.294. The molecule has 1 aliphatic rings. The molecule has 0 unspecified atom stereocenters. The minimum absolute atomic E-state index is 0. The van der Waals surface area contributed by atoms with Crippen molar-refractivity contribution in [3.05, 3.63) is 68.4 Å². The lowest BCUT2D eigenvalue weighted by molar-refractivity contribution is 0.344. The van der Waals surface area contributed by atoms with Crippen LogP contribution in [0.5, 0.6) is 11.5 Å². The van der Waals surface area contributed by atoms with E-state index in [9.17, 15) is 9.59 Å². The number of ether oxygens (including phenoxy) is 2. The van der Waals surface area contributed by atoms with Gasteiger partial charge in [-0.25, -0.2) is 4.79 Å². The molecule has 8 heteroatoms. The van der Waals surface area contributed by atoms with Crippen LogP contribution in [0.15, 0.2) is 46.0 Å². The van der Waals surface area contributed by atoms with E-state index in [0.29, 0.717) is 28.9 Å². The molecule has 0 bridgehead atoms. The number of hydrogen-bond acceptors (Lipinski definition) is 5. The van der Waals surface area contributed by atoms with Crippen molar-refractivity contribution in [3.63, 3.8) is 0 Å². The smallest absolute Gasteiger partial charge is 0.332 e. The lowest BCUT2D eigenvalue weighted by Gasteiger charge is -2.26. The number of hydrogen-bond donors (Lipinski definition) is 1. The molecule has 1 fully saturated rings. The van der Waals surface area contributed by atoms with Crippen LogP contribution in [0.25, 0.3) is 10.9 Å². The monoisotopic (exact) mass is 459 g/mol. The van der Waals surface area contributed by atoms with Crippen molar-refractivity contribution in [1.82, 2.24) is 9.13 Å². The Balaban J connectivity index is 0.00000289. The number of nitrogens with zero attached hydrogens (tertiary/aromatic N) is 2. The summed E-state index contributed by atoms with van der Waals surface area (Å²) >= 11 is 0. The Labute approximate surface area is 193 Å². The van der Waals surface area contributed by atoms with Crippen molar-refractivity contribution < 1.29 is 9.47 Å². The molecule has 0 atom stereocenters. The Hall–Kier alpha value is -2.77. The van der Waals surface area contributed by atoms with Gasteiger partial charge < -0.3 is 15.2 Å². The van der Waals surface area contributed by atoms with Gasteiger partial charge in [0, 0.05) is 12.6 Å². The zero-order valence-electron chi connectivity index (χ0n) is 18.5. The van der Waals surface area contributed by atoms with Gasteiger partial charge in [0.25, 0.3) is 5.56 Å². The van der Waals surface area contributed by atoms with Crippen molar-refractivity contribution in [1.29, 1.82) is 0 Å². The second-order valence-corrected chi connectivity index (χ2v) is 8.08. The Morgan fingerprint density at radius 2 is 1.62 bits per heavy atom. The van der Waals surface area contributed by atoms with Gasteiger partial charge in [-0.05, 0) is 48.2 Å². The molecular formula is C24H30ClN3O4. The highest BCUT2D eigenvalue weighted by atomic mass is 35.5. The van der Waals surface area contributed by atoms with E-state index in [-0.39, 0.29) is 36.2 Å². The standard InChI is InChI=1S/C24H29N3O4.ClH/c1-30-21-11-9-17(13-22(21)31-2)15-26-23(28)19-12-16(14-25)8-10-20(19)27(24(26)29)18-6-4-3-5-7-18;/h8-13,18H,3-7,14-15,25H2,1-2H3;1H. The summed E-state index contributed by atoms with van der Waals surface area (Å²) in [5.74, 6) is 1.16. The molecule has 0 amide bonds. The molecule has 2 N–H and O–H groups in total. The van der Waals surface area contributed by atoms with Gasteiger partial charge in [-0.3, -0.25) is 13.9 Å². The molecule has 0 aliphatic heterocycles. The summed E-state index contributed by atoms with van der Waals surface area (Å²) in [6.07, 6.45) is 5.26. The van der Waals surface area contributed by atoms with Crippen LogP contribution >= 0.6 is 12.4 Å². The number of fused-ring (bicyclic) bond motifs is 1. The zero-order valence-corrected chi connectivity index (χ0v) is 19.3. The van der Waals surface area contributed by atoms with E-state index in [2.05, 4.69) is 0 Å². The van der Waals surface area contributed by atoms with E-state index in [4.69, 9.17) is 15.2 Å². The highest BCUT2D eigenvalue weighted by molar-refractivity contribution is 5.85. The van der Waals surface area contributed by atoms with Gasteiger partial charge >= 0.3 is 5.69 Å². The molecule has 1 aliphatic carbocycles. The van der Waals surface area contributed by atoms with E-state index in [1.165, 1.54) is 11.0 Å². The van der Waals surface area contributed by atoms with E-state index in [1.54, 1.807) is 26.4 Å². The summed E-state index contributed by atoms with van der Waals surface area (Å²) in [5, 5.41) is 0.536. The maximum atomic E-state index is 13.6. The van der Waals surface area contributed by atoms with E-state index in [1.807, 2.05) is 28.8 Å². The van der Waals surface area contributed by atoms with Gasteiger partial charge in [-0.1, -0.05) is 31.4 Å². The lowest BCUT2D eigenvalue weighted by Crippen LogP contribution is -2.42. The Bertz CT molecular complexity index is 1210. The summed E-state index contributed by atoms with van der Waals surface area (Å²) in [6.45, 7) is 0.501. The third kappa shape index (κ3) is 4.40. The first-order chi connectivity index (χ1) is 15.1. The Morgan fingerprint density at radius 1 is 0.938 bits per heavy atom. The topological polar surface area (TPSA) is 88.5 Å². The van der Waals surface area contributed by atoms with Crippen LogP contribution in [0.4, 0.5) is 0 Å². The largest absolute Gasteiger partial charge is 0.493 e. The van der Waals surface area contributed by atoms with Crippen LogP contribution in [0.2, 0.25) is 0 Å². The van der Waals surface area contributed by atoms with Crippen molar-refractivity contribution in [2.75, 3.05) is 14.2 Å². The third-order valence-electron chi connectivity index (χ3n) is 6.20. The summed E-state index contributed by atoms with van der Waals surface area (Å²) in [6, 6.07) is 11.1. The van der Waals surface area contributed by atoms with Crippen molar-refractivity contribution in [3.8, 4) is 11.5 Å². The number of aromatic nitrogens is 2. The molecule has 4 rings (SSSR count). The fourth-order valence-corrected chi connectivity index (χ4v) is 4.55. The molecule has 3 aromatic rings. The number of rotatable bonds is 6. The van der Waals surface area contributed by atoms with Crippen LogP contribution in [-0.4, -0.2) is 23.4 Å². The lowest BCUT2D eigenvalue weighted by atomic mass is 9.95. The van der Waals surface area contributed by atoms with E-state index in [0.717, 1.165) is 36.8 Å². The van der Waals surface area contributed by atoms with Crippen molar-refractivity contribution >= 4 is 23.3 Å². The predicted octanol–water partition coefficient (Wildman–Crippen LogP) is 3.61. The first-order valence-corrected chi connectivity index (χ1v) is 10.8. The van der Waals surface area contributed by atoms with E-state index < -0.39 is 0 Å². The molecule has 172 valence electrons. The van der Waals surface area contributed by atoms with Gasteiger partial charge in [0.15, 0.2) is 11.5 Å². The molecule has 32 heavy (non-hydrogen) atoms. The van der Waals surface area contributed by atoms with Crippen LogP contribution in [0.3, 0.4) is 0 Å². The summed E-state index contributed by atoms with van der Waals surface area (Å²) < 4.78 is 13.8. The van der Waals surface area contributed by atoms with Crippen LogP contribution in [-0.2, 0) is 13.1 Å². The molecule has 0 spiro atoms. The second kappa shape index (κ2) is 10.2. The normalized spacial score (nSPS) is 14.2. The average molecular weight is 460 g/mol. The minimum Gasteiger partial charge on any atom is -0.493 e. The van der Waals surface area contributed by atoms with Gasteiger partial charge in [0.2, 0.25) is 0 Å². The number of nitrogens with two attached hydrogens (primary N) is 1. The molecule has 7 nitrogen and oxygen atoms in total. The average Bonchev–Trinajstić information content (AvgIpc) is 2.82. The Morgan fingerprint density at radius 3 is 2.28 bits per heavy atom. The molecule has 0 saturated heterocycles. The molecular weight excluding hydrogens is 430 g/mol. The fourth-order valence-electron chi connectivity index (χ4n) is 4.55. The van der Waals surface area contributed by atoms with Gasteiger partial charge in [-0.2, -0.15) is 0 Å². The molecule has 1 saturated carbocycles. The predicted molar refractivity (Wildman–Crippen MR) is 128 cm³/mol. The quantitative estimate of drug-likeness (QED) is 0.608. The summed E-state index contributed by atoms with van der Waals surface area (Å²) in [7, 11) is 3.14. The van der Waals surface area contributed by atoms with Gasteiger partial charge in [0.1, 0.15) is 0 Å². The highest BCUT2D eigenvalue weighted by Crippen LogP contribution is 2.30. The van der Waals surface area contributed by atoms with Crippen molar-refractivity contribution in [2.45, 2.75) is 51.2 Å². The zero-order chi connectivity index (χ0) is 22.0.